The first kappa shape index (κ1) is 6.09. The highest BCUT2D eigenvalue weighted by Gasteiger charge is 1.98. The molecule has 5 nitrogen and oxygen atoms in total. The van der Waals surface area contributed by atoms with Gasteiger partial charge in [-0.25, -0.2) is 0 Å². The van der Waals surface area contributed by atoms with Crippen molar-refractivity contribution in [1.29, 1.82) is 0 Å². The predicted molar refractivity (Wildman–Crippen MR) is 38.3 cm³/mol. The molecule has 1 N–H and O–H groups in total. The van der Waals surface area contributed by atoms with Crippen molar-refractivity contribution in [3.63, 3.8) is 0 Å². The van der Waals surface area contributed by atoms with Gasteiger partial charge in [0, 0.05) is 12.3 Å². The molecule has 5 heteroatoms. The van der Waals surface area contributed by atoms with Crippen LogP contribution in [0.2, 0.25) is 0 Å². The second-order valence-electron chi connectivity index (χ2n) is 2.25. The van der Waals surface area contributed by atoms with Gasteiger partial charge in [-0.2, -0.15) is 0 Å². The molecule has 0 unspecified atom stereocenters. The molecular weight excluding hydrogens is 144 g/mol. The third-order valence-corrected chi connectivity index (χ3v) is 1.48. The molecule has 0 atom stereocenters. The molecule has 0 aliphatic carbocycles. The van der Waals surface area contributed by atoms with Crippen molar-refractivity contribution in [2.75, 3.05) is 0 Å². The van der Waals surface area contributed by atoms with E-state index in [0.717, 1.165) is 5.82 Å². The van der Waals surface area contributed by atoms with Gasteiger partial charge in [0.15, 0.2) is 0 Å². The van der Waals surface area contributed by atoms with Crippen molar-refractivity contribution in [2.45, 2.75) is 6.92 Å². The molecule has 2 heterocycles. The highest BCUT2D eigenvalue weighted by Crippen LogP contribution is 1.93. The Balaban J connectivity index is 2.96. The lowest BCUT2D eigenvalue weighted by Crippen LogP contribution is -2.05. The summed E-state index contributed by atoms with van der Waals surface area (Å²) < 4.78 is 1.71. The van der Waals surface area contributed by atoms with Crippen LogP contribution in [-0.4, -0.2) is 19.6 Å². The molecular formula is C6H6N4O. The zero-order chi connectivity index (χ0) is 7.84. The maximum Gasteiger partial charge on any atom is 0.252 e. The Labute approximate surface area is 61.7 Å². The molecule has 11 heavy (non-hydrogen) atoms. The van der Waals surface area contributed by atoms with Crippen molar-refractivity contribution in [1.82, 2.24) is 19.6 Å². The van der Waals surface area contributed by atoms with E-state index in [4.69, 9.17) is 0 Å². The average molecular weight is 150 g/mol. The lowest BCUT2D eigenvalue weighted by Gasteiger charge is -1.89. The molecule has 0 aliphatic heterocycles. The van der Waals surface area contributed by atoms with Gasteiger partial charge in [0.05, 0.1) is 0 Å². The highest BCUT2D eigenvalue weighted by atomic mass is 16.1. The minimum Gasteiger partial charge on any atom is -0.291 e. The number of H-pyrrole nitrogens is 1. The van der Waals surface area contributed by atoms with E-state index in [1.165, 1.54) is 6.07 Å². The van der Waals surface area contributed by atoms with Gasteiger partial charge in [0.25, 0.3) is 5.56 Å². The van der Waals surface area contributed by atoms with Crippen molar-refractivity contribution in [2.24, 2.45) is 0 Å². The van der Waals surface area contributed by atoms with Crippen LogP contribution in [-0.2, 0) is 0 Å². The number of nitrogens with one attached hydrogen (secondary N) is 1. The SMILES string of the molecule is Cc1nnc2[nH]c(=O)ccn12. The van der Waals surface area contributed by atoms with Crippen molar-refractivity contribution < 1.29 is 0 Å². The van der Waals surface area contributed by atoms with Gasteiger partial charge in [0.2, 0.25) is 5.78 Å². The van der Waals surface area contributed by atoms with Gasteiger partial charge < -0.3 is 0 Å². The molecule has 2 aromatic heterocycles. The van der Waals surface area contributed by atoms with E-state index >= 15 is 0 Å². The third-order valence-electron chi connectivity index (χ3n) is 1.48. The quantitative estimate of drug-likeness (QED) is 0.562. The normalized spacial score (nSPS) is 10.6. The van der Waals surface area contributed by atoms with Crippen molar-refractivity contribution >= 4 is 5.78 Å². The number of aromatic amines is 1. The summed E-state index contributed by atoms with van der Waals surface area (Å²) in [5.41, 5.74) is -0.162. The van der Waals surface area contributed by atoms with Gasteiger partial charge in [-0.15, -0.1) is 10.2 Å². The van der Waals surface area contributed by atoms with E-state index in [1.54, 1.807) is 10.6 Å². The standard InChI is InChI=1S/C6H6N4O/c1-4-8-9-6-7-5(11)2-3-10(4)6/h2-3H,1H3,(H,7,9,11). The van der Waals surface area contributed by atoms with Gasteiger partial charge in [-0.05, 0) is 6.92 Å². The number of nitrogens with zero attached hydrogens (tertiary/aromatic N) is 3. The molecule has 0 saturated carbocycles. The van der Waals surface area contributed by atoms with Crippen molar-refractivity contribution in [3.05, 3.63) is 28.4 Å². The molecule has 2 rings (SSSR count). The van der Waals surface area contributed by atoms with Crippen LogP contribution < -0.4 is 5.56 Å². The monoisotopic (exact) mass is 150 g/mol. The zero-order valence-electron chi connectivity index (χ0n) is 5.90. The van der Waals surface area contributed by atoms with Crippen LogP contribution in [0, 0.1) is 6.92 Å². The first-order valence-electron chi connectivity index (χ1n) is 3.18. The smallest absolute Gasteiger partial charge is 0.252 e. The fourth-order valence-corrected chi connectivity index (χ4v) is 0.927. The molecule has 0 aliphatic rings. The summed E-state index contributed by atoms with van der Waals surface area (Å²) in [7, 11) is 0. The van der Waals surface area contributed by atoms with Crippen LogP contribution in [0.4, 0.5) is 0 Å². The number of aryl methyl sites for hydroxylation is 1. The Hall–Kier alpha value is -1.65. The van der Waals surface area contributed by atoms with E-state index < -0.39 is 0 Å². The molecule has 0 radical (unpaired) electrons. The maximum atomic E-state index is 10.8. The summed E-state index contributed by atoms with van der Waals surface area (Å²) in [6.07, 6.45) is 1.64. The topological polar surface area (TPSA) is 63.0 Å². The van der Waals surface area contributed by atoms with Crippen LogP contribution >= 0.6 is 0 Å². The van der Waals surface area contributed by atoms with Crippen LogP contribution in [0.3, 0.4) is 0 Å². The summed E-state index contributed by atoms with van der Waals surface area (Å²) in [6, 6.07) is 1.43. The molecule has 0 aromatic carbocycles. The molecule has 2 aromatic rings. The Bertz CT molecular complexity index is 441. The van der Waals surface area contributed by atoms with E-state index in [2.05, 4.69) is 15.2 Å². The van der Waals surface area contributed by atoms with Crippen LogP contribution in [0.5, 0.6) is 0 Å². The first-order valence-corrected chi connectivity index (χ1v) is 3.18. The van der Waals surface area contributed by atoms with E-state index in [0.29, 0.717) is 5.78 Å². The Kier molecular flexibility index (Phi) is 1.06. The summed E-state index contributed by atoms with van der Waals surface area (Å²) >= 11 is 0. The summed E-state index contributed by atoms with van der Waals surface area (Å²) in [5, 5.41) is 7.52. The molecule has 0 saturated heterocycles. The first-order chi connectivity index (χ1) is 5.27. The number of hydrogen-bond donors (Lipinski definition) is 1. The van der Waals surface area contributed by atoms with Gasteiger partial charge in [-0.1, -0.05) is 0 Å². The molecule has 0 fully saturated rings. The van der Waals surface area contributed by atoms with Gasteiger partial charge >= 0.3 is 0 Å². The fourth-order valence-electron chi connectivity index (χ4n) is 0.927. The summed E-state index contributed by atoms with van der Waals surface area (Å²) in [6.45, 7) is 1.82. The Morgan fingerprint density at radius 3 is 3.18 bits per heavy atom. The Morgan fingerprint density at radius 2 is 2.36 bits per heavy atom. The predicted octanol–water partition coefficient (Wildman–Crippen LogP) is -0.274. The minimum absolute atomic E-state index is 0.162. The summed E-state index contributed by atoms with van der Waals surface area (Å²) in [4.78, 5) is 13.3. The largest absolute Gasteiger partial charge is 0.291 e. The number of fused-ring (bicyclic) bond motifs is 1. The van der Waals surface area contributed by atoms with E-state index in [1.807, 2.05) is 6.92 Å². The Morgan fingerprint density at radius 1 is 1.55 bits per heavy atom. The second-order valence-corrected chi connectivity index (χ2v) is 2.25. The van der Waals surface area contributed by atoms with Crippen LogP contribution in [0.25, 0.3) is 5.78 Å². The molecule has 56 valence electrons. The van der Waals surface area contributed by atoms with E-state index in [9.17, 15) is 4.79 Å². The average Bonchev–Trinajstić information content (AvgIpc) is 2.32. The maximum absolute atomic E-state index is 10.8. The third kappa shape index (κ3) is 0.813. The van der Waals surface area contributed by atoms with Crippen LogP contribution in [0.15, 0.2) is 17.1 Å². The number of aromatic nitrogens is 4. The van der Waals surface area contributed by atoms with Gasteiger partial charge in [0.1, 0.15) is 5.82 Å². The lowest BCUT2D eigenvalue weighted by atomic mass is 10.6. The van der Waals surface area contributed by atoms with E-state index in [-0.39, 0.29) is 5.56 Å². The molecule has 0 amide bonds. The van der Waals surface area contributed by atoms with Gasteiger partial charge in [-0.3, -0.25) is 14.2 Å². The van der Waals surface area contributed by atoms with Crippen LogP contribution in [0.1, 0.15) is 5.82 Å². The highest BCUT2D eigenvalue weighted by molar-refractivity contribution is 5.25. The fraction of sp³-hybridized carbons (Fsp3) is 0.167. The van der Waals surface area contributed by atoms with Crippen molar-refractivity contribution in [3.8, 4) is 0 Å². The minimum atomic E-state index is -0.162. The number of hydrogen-bond acceptors (Lipinski definition) is 3. The lowest BCUT2D eigenvalue weighted by molar-refractivity contribution is 1.00. The zero-order valence-corrected chi connectivity index (χ0v) is 5.90. The summed E-state index contributed by atoms with van der Waals surface area (Å²) in [5.74, 6) is 1.24. The molecule has 0 spiro atoms. The molecule has 0 bridgehead atoms. The second kappa shape index (κ2) is 1.91. The number of rotatable bonds is 0.